The van der Waals surface area contributed by atoms with Crippen LogP contribution >= 0.6 is 11.6 Å². The largest absolute Gasteiger partial charge is 0.325 e. The molecule has 2 amide bonds. The zero-order valence-electron chi connectivity index (χ0n) is 12.5. The summed E-state index contributed by atoms with van der Waals surface area (Å²) >= 11 is 5.97. The molecule has 0 bridgehead atoms. The second-order valence-corrected chi connectivity index (χ2v) is 6.13. The van der Waals surface area contributed by atoms with Gasteiger partial charge in [-0.05, 0) is 41.0 Å². The molecule has 2 aliphatic rings. The zero-order valence-corrected chi connectivity index (χ0v) is 13.2. The molecule has 24 heavy (non-hydrogen) atoms. The average molecular weight is 338 g/mol. The van der Waals surface area contributed by atoms with E-state index >= 15 is 0 Å². The summed E-state index contributed by atoms with van der Waals surface area (Å²) in [5.41, 5.74) is 4.49. The van der Waals surface area contributed by atoms with E-state index in [1.807, 2.05) is 36.4 Å². The van der Waals surface area contributed by atoms with Gasteiger partial charge in [-0.15, -0.1) is 5.11 Å². The first-order chi connectivity index (χ1) is 11.6. The highest BCUT2D eigenvalue weighted by atomic mass is 35.5. The molecule has 0 saturated carbocycles. The van der Waals surface area contributed by atoms with Gasteiger partial charge in [0.1, 0.15) is 6.04 Å². The molecule has 2 aliphatic heterocycles. The van der Waals surface area contributed by atoms with E-state index in [9.17, 15) is 9.59 Å². The van der Waals surface area contributed by atoms with E-state index in [0.717, 1.165) is 27.9 Å². The van der Waals surface area contributed by atoms with Crippen molar-refractivity contribution in [1.29, 1.82) is 0 Å². The van der Waals surface area contributed by atoms with E-state index in [-0.39, 0.29) is 17.9 Å². The Morgan fingerprint density at radius 3 is 2.62 bits per heavy atom. The number of anilines is 1. The van der Waals surface area contributed by atoms with Gasteiger partial charge in [0, 0.05) is 16.7 Å². The fourth-order valence-corrected chi connectivity index (χ4v) is 3.07. The maximum Gasteiger partial charge on any atom is 0.287 e. The van der Waals surface area contributed by atoms with Crippen LogP contribution in [-0.4, -0.2) is 11.8 Å². The van der Waals surface area contributed by atoms with Crippen molar-refractivity contribution in [2.24, 2.45) is 10.2 Å². The number of carbonyl (C=O) groups excluding carboxylic acids is 2. The molecule has 1 atom stereocenters. The van der Waals surface area contributed by atoms with Crippen LogP contribution in [0.25, 0.3) is 11.1 Å². The molecule has 0 spiro atoms. The Labute approximate surface area is 143 Å². The minimum absolute atomic E-state index is 0.0339. The topological polar surface area (TPSA) is 70.9 Å². The molecule has 5 nitrogen and oxygen atoms in total. The number of benzene rings is 2. The number of amides is 2. The van der Waals surface area contributed by atoms with Crippen LogP contribution in [0.2, 0.25) is 5.02 Å². The molecule has 2 heterocycles. The van der Waals surface area contributed by atoms with Gasteiger partial charge in [-0.25, -0.2) is 0 Å². The fraction of sp³-hybridized carbons (Fsp3) is 0.111. The van der Waals surface area contributed by atoms with Crippen molar-refractivity contribution in [3.8, 4) is 11.1 Å². The van der Waals surface area contributed by atoms with Crippen LogP contribution in [0.3, 0.4) is 0 Å². The summed E-state index contributed by atoms with van der Waals surface area (Å²) in [4.78, 5) is 23.0. The zero-order chi connectivity index (χ0) is 16.7. The third-order valence-corrected chi connectivity index (χ3v) is 4.31. The van der Waals surface area contributed by atoms with Gasteiger partial charge in [0.05, 0.1) is 12.1 Å². The van der Waals surface area contributed by atoms with Gasteiger partial charge < -0.3 is 5.32 Å². The Kier molecular flexibility index (Phi) is 3.50. The molecule has 0 radical (unpaired) electrons. The summed E-state index contributed by atoms with van der Waals surface area (Å²) in [6.07, 6.45) is 3.46. The Morgan fingerprint density at radius 1 is 1.12 bits per heavy atom. The number of azo groups is 1. The number of hydrogen-bond donors (Lipinski definition) is 1. The number of carbonyl (C=O) groups is 2. The van der Waals surface area contributed by atoms with Crippen molar-refractivity contribution in [2.75, 3.05) is 5.32 Å². The monoisotopic (exact) mass is 337 g/mol. The SMILES string of the molecule is O=C1C=CC(c2cc3c(c(-c4ccc(Cl)cc4)c2)NC(=O)C3)N=N1. The normalized spacial score (nSPS) is 18.6. The van der Waals surface area contributed by atoms with Crippen LogP contribution in [0.1, 0.15) is 17.2 Å². The lowest BCUT2D eigenvalue weighted by Gasteiger charge is -2.15. The molecule has 1 unspecified atom stereocenters. The minimum atomic E-state index is -0.359. The highest BCUT2D eigenvalue weighted by Crippen LogP contribution is 2.39. The second kappa shape index (κ2) is 5.69. The summed E-state index contributed by atoms with van der Waals surface area (Å²) in [5, 5.41) is 11.2. The number of nitrogens with one attached hydrogen (secondary N) is 1. The predicted octanol–water partition coefficient (Wildman–Crippen LogP) is 4.09. The van der Waals surface area contributed by atoms with E-state index in [0.29, 0.717) is 11.4 Å². The minimum Gasteiger partial charge on any atom is -0.325 e. The van der Waals surface area contributed by atoms with Gasteiger partial charge in [-0.3, -0.25) is 9.59 Å². The molecule has 0 saturated heterocycles. The fourth-order valence-electron chi connectivity index (χ4n) is 2.94. The maximum atomic E-state index is 11.8. The Morgan fingerprint density at radius 2 is 1.92 bits per heavy atom. The summed E-state index contributed by atoms with van der Waals surface area (Å²) in [7, 11) is 0. The van der Waals surface area contributed by atoms with Crippen LogP contribution in [-0.2, 0) is 16.0 Å². The molecule has 0 fully saturated rings. The maximum absolute atomic E-state index is 11.8. The molecule has 1 N–H and O–H groups in total. The molecule has 6 heteroatoms. The number of rotatable bonds is 2. The van der Waals surface area contributed by atoms with Crippen LogP contribution < -0.4 is 5.32 Å². The number of fused-ring (bicyclic) bond motifs is 1. The molecular formula is C18H12ClN3O2. The lowest BCUT2D eigenvalue weighted by Crippen LogP contribution is -2.04. The molecular weight excluding hydrogens is 326 g/mol. The first kappa shape index (κ1) is 14.8. The summed E-state index contributed by atoms with van der Waals surface area (Å²) in [6.45, 7) is 0. The van der Waals surface area contributed by atoms with Crippen molar-refractivity contribution in [2.45, 2.75) is 12.5 Å². The first-order valence-corrected chi connectivity index (χ1v) is 7.83. The van der Waals surface area contributed by atoms with E-state index in [1.54, 1.807) is 6.08 Å². The Bertz CT molecular complexity index is 901. The lowest BCUT2D eigenvalue weighted by atomic mass is 9.94. The van der Waals surface area contributed by atoms with E-state index in [1.165, 1.54) is 6.08 Å². The highest BCUT2D eigenvalue weighted by molar-refractivity contribution is 6.30. The Hall–Kier alpha value is -2.79. The second-order valence-electron chi connectivity index (χ2n) is 5.69. The van der Waals surface area contributed by atoms with Gasteiger partial charge in [-0.2, -0.15) is 5.11 Å². The van der Waals surface area contributed by atoms with Crippen molar-refractivity contribution in [1.82, 2.24) is 0 Å². The van der Waals surface area contributed by atoms with Gasteiger partial charge in [-0.1, -0.05) is 29.8 Å². The summed E-state index contributed by atoms with van der Waals surface area (Å²) < 4.78 is 0. The predicted molar refractivity (Wildman–Crippen MR) is 91.0 cm³/mol. The van der Waals surface area contributed by atoms with Crippen LogP contribution in [0.5, 0.6) is 0 Å². The van der Waals surface area contributed by atoms with Gasteiger partial charge in [0.15, 0.2) is 0 Å². The molecule has 2 aromatic carbocycles. The van der Waals surface area contributed by atoms with Crippen LogP contribution in [0.15, 0.2) is 58.8 Å². The van der Waals surface area contributed by atoms with Gasteiger partial charge in [0.2, 0.25) is 5.91 Å². The summed E-state index contributed by atoms with van der Waals surface area (Å²) in [5.74, 6) is -0.393. The molecule has 118 valence electrons. The molecule has 2 aromatic rings. The number of halogens is 1. The van der Waals surface area contributed by atoms with E-state index in [2.05, 4.69) is 15.5 Å². The van der Waals surface area contributed by atoms with Crippen molar-refractivity contribution in [3.63, 3.8) is 0 Å². The summed E-state index contributed by atoms with van der Waals surface area (Å²) in [6, 6.07) is 11.0. The number of hydrogen-bond acceptors (Lipinski definition) is 3. The standard InChI is InChI=1S/C18H12ClN3O2/c19-13-3-1-10(2-4-13)14-8-11(15-5-6-16(23)22-21-15)7-12-9-17(24)20-18(12)14/h1-8,15H,9H2,(H,20,24). The van der Waals surface area contributed by atoms with E-state index < -0.39 is 0 Å². The molecule has 0 aromatic heterocycles. The van der Waals surface area contributed by atoms with E-state index in [4.69, 9.17) is 11.6 Å². The molecule has 0 aliphatic carbocycles. The highest BCUT2D eigenvalue weighted by Gasteiger charge is 2.24. The van der Waals surface area contributed by atoms with Crippen molar-refractivity contribution >= 4 is 29.1 Å². The smallest absolute Gasteiger partial charge is 0.287 e. The third-order valence-electron chi connectivity index (χ3n) is 4.06. The van der Waals surface area contributed by atoms with Crippen LogP contribution in [0.4, 0.5) is 5.69 Å². The molecule has 4 rings (SSSR count). The third kappa shape index (κ3) is 2.63. The van der Waals surface area contributed by atoms with Crippen LogP contribution in [0, 0.1) is 0 Å². The van der Waals surface area contributed by atoms with Gasteiger partial charge >= 0.3 is 0 Å². The lowest BCUT2D eigenvalue weighted by molar-refractivity contribution is -0.115. The average Bonchev–Trinajstić information content (AvgIpc) is 2.95. The quantitative estimate of drug-likeness (QED) is 0.896. The Balaban J connectivity index is 1.85. The van der Waals surface area contributed by atoms with Gasteiger partial charge in [0.25, 0.3) is 5.91 Å². The van der Waals surface area contributed by atoms with Crippen molar-refractivity contribution < 1.29 is 9.59 Å². The van der Waals surface area contributed by atoms with Crippen molar-refractivity contribution in [3.05, 3.63) is 64.7 Å². The first-order valence-electron chi connectivity index (χ1n) is 7.46. The number of nitrogens with zero attached hydrogens (tertiary/aromatic N) is 2.